The van der Waals surface area contributed by atoms with E-state index < -0.39 is 17.6 Å². The predicted molar refractivity (Wildman–Crippen MR) is 48.8 cm³/mol. The fourth-order valence-corrected chi connectivity index (χ4v) is 1.55. The molecule has 0 aromatic rings. The lowest BCUT2D eigenvalue weighted by Gasteiger charge is -2.43. The molecule has 0 saturated carbocycles. The molecule has 1 amide bonds. The molecule has 5 heteroatoms. The molecule has 80 valence electrons. The molecule has 0 aromatic heterocycles. The topological polar surface area (TPSA) is 66.8 Å². The molecule has 1 atom stereocenters. The number of carbonyl (C=O) groups excluding carboxylic acids is 1. The highest BCUT2D eigenvalue weighted by molar-refractivity contribution is 5.77. The third kappa shape index (κ3) is 2.04. The highest BCUT2D eigenvalue weighted by Crippen LogP contribution is 2.22. The maximum Gasteiger partial charge on any atom is 0.334 e. The van der Waals surface area contributed by atoms with Crippen LogP contribution in [0.25, 0.3) is 0 Å². The molecule has 0 aliphatic carbocycles. The Hall–Kier alpha value is -1.10. The predicted octanol–water partition coefficient (Wildman–Crippen LogP) is 0.0969. The number of hydrogen-bond acceptors (Lipinski definition) is 3. The monoisotopic (exact) mass is 201 g/mol. The molecule has 0 spiro atoms. The Balaban J connectivity index is 2.77. The number of carboxylic acids is 1. The van der Waals surface area contributed by atoms with Gasteiger partial charge in [-0.05, 0) is 13.8 Å². The lowest BCUT2D eigenvalue weighted by Crippen LogP contribution is -2.59. The van der Waals surface area contributed by atoms with E-state index in [9.17, 15) is 9.59 Å². The van der Waals surface area contributed by atoms with Crippen LogP contribution in [0.3, 0.4) is 0 Å². The quantitative estimate of drug-likeness (QED) is 0.653. The van der Waals surface area contributed by atoms with E-state index in [2.05, 4.69) is 0 Å². The number of morpholine rings is 1. The van der Waals surface area contributed by atoms with Crippen LogP contribution < -0.4 is 0 Å². The number of rotatable bonds is 1. The van der Waals surface area contributed by atoms with Gasteiger partial charge in [0.2, 0.25) is 5.91 Å². The largest absolute Gasteiger partial charge is 0.479 e. The van der Waals surface area contributed by atoms with Crippen molar-refractivity contribution in [1.82, 2.24) is 4.90 Å². The summed E-state index contributed by atoms with van der Waals surface area (Å²) in [4.78, 5) is 23.5. The molecule has 14 heavy (non-hydrogen) atoms. The Morgan fingerprint density at radius 2 is 2.07 bits per heavy atom. The van der Waals surface area contributed by atoms with E-state index in [1.807, 2.05) is 13.8 Å². The van der Waals surface area contributed by atoms with Crippen molar-refractivity contribution in [2.75, 3.05) is 13.2 Å². The first-order valence-corrected chi connectivity index (χ1v) is 4.47. The first-order valence-electron chi connectivity index (χ1n) is 4.47. The van der Waals surface area contributed by atoms with E-state index in [4.69, 9.17) is 9.84 Å². The van der Waals surface area contributed by atoms with Crippen LogP contribution in [-0.4, -0.2) is 46.7 Å². The molecular formula is C9H15NO4. The van der Waals surface area contributed by atoms with Gasteiger partial charge in [-0.25, -0.2) is 4.79 Å². The average molecular weight is 201 g/mol. The molecule has 1 unspecified atom stereocenters. The second-order valence-corrected chi connectivity index (χ2v) is 4.08. The maximum atomic E-state index is 11.3. The van der Waals surface area contributed by atoms with Crippen LogP contribution in [0.2, 0.25) is 0 Å². The standard InChI is InChI=1S/C9H15NO4/c1-6(11)10-4-7(8(12)13)14-5-9(10,2)3/h7H,4-5H2,1-3H3,(H,12,13). The average Bonchev–Trinajstić information content (AvgIpc) is 2.02. The first-order chi connectivity index (χ1) is 6.34. The Morgan fingerprint density at radius 1 is 1.50 bits per heavy atom. The summed E-state index contributed by atoms with van der Waals surface area (Å²) in [6.07, 6.45) is -0.896. The van der Waals surface area contributed by atoms with Gasteiger partial charge in [0.15, 0.2) is 6.10 Å². The van der Waals surface area contributed by atoms with Crippen LogP contribution in [0.1, 0.15) is 20.8 Å². The lowest BCUT2D eigenvalue weighted by atomic mass is 10.0. The van der Waals surface area contributed by atoms with Gasteiger partial charge in [-0.1, -0.05) is 0 Å². The molecular weight excluding hydrogens is 186 g/mol. The fourth-order valence-electron chi connectivity index (χ4n) is 1.55. The van der Waals surface area contributed by atoms with Gasteiger partial charge in [-0.3, -0.25) is 4.79 Å². The molecule has 1 fully saturated rings. The van der Waals surface area contributed by atoms with Gasteiger partial charge in [0, 0.05) is 6.92 Å². The van der Waals surface area contributed by atoms with Gasteiger partial charge < -0.3 is 14.7 Å². The minimum absolute atomic E-state index is 0.121. The van der Waals surface area contributed by atoms with Crippen molar-refractivity contribution in [3.05, 3.63) is 0 Å². The zero-order valence-corrected chi connectivity index (χ0v) is 8.61. The zero-order chi connectivity index (χ0) is 10.9. The minimum Gasteiger partial charge on any atom is -0.479 e. The highest BCUT2D eigenvalue weighted by Gasteiger charge is 2.39. The summed E-state index contributed by atoms with van der Waals surface area (Å²) in [7, 11) is 0. The van der Waals surface area contributed by atoms with Crippen LogP contribution >= 0.6 is 0 Å². The van der Waals surface area contributed by atoms with Crippen LogP contribution in [-0.2, 0) is 14.3 Å². The number of amides is 1. The minimum atomic E-state index is -1.02. The summed E-state index contributed by atoms with van der Waals surface area (Å²) in [6, 6.07) is 0. The molecule has 1 rings (SSSR count). The van der Waals surface area contributed by atoms with Crippen molar-refractivity contribution in [1.29, 1.82) is 0 Å². The molecule has 1 N–H and O–H groups in total. The molecule has 1 heterocycles. The van der Waals surface area contributed by atoms with Gasteiger partial charge in [-0.2, -0.15) is 0 Å². The second kappa shape index (κ2) is 3.57. The van der Waals surface area contributed by atoms with Crippen molar-refractivity contribution in [2.24, 2.45) is 0 Å². The Labute approximate surface area is 82.6 Å². The third-order valence-electron chi connectivity index (χ3n) is 2.37. The summed E-state index contributed by atoms with van der Waals surface area (Å²) in [5, 5.41) is 8.75. The summed E-state index contributed by atoms with van der Waals surface area (Å²) in [6.45, 7) is 5.52. The van der Waals surface area contributed by atoms with Crippen LogP contribution in [0.15, 0.2) is 0 Å². The molecule has 0 bridgehead atoms. The molecule has 1 aliphatic rings. The second-order valence-electron chi connectivity index (χ2n) is 4.08. The lowest BCUT2D eigenvalue weighted by molar-refractivity contribution is -0.170. The van der Waals surface area contributed by atoms with Gasteiger partial charge in [0.25, 0.3) is 0 Å². The normalized spacial score (nSPS) is 25.9. The summed E-state index contributed by atoms with van der Waals surface area (Å²) in [5.41, 5.74) is -0.419. The SMILES string of the molecule is CC(=O)N1CC(C(=O)O)OCC1(C)C. The van der Waals surface area contributed by atoms with Crippen LogP contribution in [0, 0.1) is 0 Å². The Morgan fingerprint density at radius 3 is 2.50 bits per heavy atom. The zero-order valence-electron chi connectivity index (χ0n) is 8.61. The van der Waals surface area contributed by atoms with Crippen molar-refractivity contribution >= 4 is 11.9 Å². The summed E-state index contributed by atoms with van der Waals surface area (Å²) < 4.78 is 5.14. The van der Waals surface area contributed by atoms with Crippen molar-refractivity contribution in [3.8, 4) is 0 Å². The van der Waals surface area contributed by atoms with Gasteiger partial charge in [-0.15, -0.1) is 0 Å². The van der Waals surface area contributed by atoms with E-state index >= 15 is 0 Å². The third-order valence-corrected chi connectivity index (χ3v) is 2.37. The van der Waals surface area contributed by atoms with Crippen LogP contribution in [0.4, 0.5) is 0 Å². The molecule has 5 nitrogen and oxygen atoms in total. The number of ether oxygens (including phenoxy) is 1. The van der Waals surface area contributed by atoms with Crippen molar-refractivity contribution < 1.29 is 19.4 Å². The molecule has 0 aromatic carbocycles. The first kappa shape index (κ1) is 11.0. The Bertz CT molecular complexity index is 262. The molecule has 1 aliphatic heterocycles. The number of carbonyl (C=O) groups is 2. The van der Waals surface area contributed by atoms with E-state index in [0.29, 0.717) is 0 Å². The van der Waals surface area contributed by atoms with Crippen molar-refractivity contribution in [2.45, 2.75) is 32.4 Å². The number of hydrogen-bond donors (Lipinski definition) is 1. The summed E-state index contributed by atoms with van der Waals surface area (Å²) >= 11 is 0. The number of carboxylic acid groups (broad SMARTS) is 1. The fraction of sp³-hybridized carbons (Fsp3) is 0.778. The maximum absolute atomic E-state index is 11.3. The summed E-state index contributed by atoms with van der Waals surface area (Å²) in [5.74, 6) is -1.14. The van der Waals surface area contributed by atoms with Gasteiger partial charge in [0.1, 0.15) is 0 Å². The molecule has 0 radical (unpaired) electrons. The molecule has 1 saturated heterocycles. The Kier molecular flexibility index (Phi) is 2.80. The van der Waals surface area contributed by atoms with E-state index in [0.717, 1.165) is 0 Å². The smallest absolute Gasteiger partial charge is 0.334 e. The number of aliphatic carboxylic acids is 1. The van der Waals surface area contributed by atoms with E-state index in [-0.39, 0.29) is 19.1 Å². The van der Waals surface area contributed by atoms with Crippen molar-refractivity contribution in [3.63, 3.8) is 0 Å². The number of nitrogens with zero attached hydrogens (tertiary/aromatic N) is 1. The van der Waals surface area contributed by atoms with Gasteiger partial charge in [0.05, 0.1) is 18.7 Å². The van der Waals surface area contributed by atoms with Gasteiger partial charge >= 0.3 is 5.97 Å². The van der Waals surface area contributed by atoms with E-state index in [1.54, 1.807) is 0 Å². The van der Waals surface area contributed by atoms with Crippen LogP contribution in [0.5, 0.6) is 0 Å². The highest BCUT2D eigenvalue weighted by atomic mass is 16.5. The van der Waals surface area contributed by atoms with E-state index in [1.165, 1.54) is 11.8 Å².